The van der Waals surface area contributed by atoms with Crippen LogP contribution in [0.1, 0.15) is 5.56 Å². The highest BCUT2D eigenvalue weighted by Crippen LogP contribution is 2.34. The summed E-state index contributed by atoms with van der Waals surface area (Å²) in [5.41, 5.74) is 4.17. The smallest absolute Gasteiger partial charge is 0.326 e. The number of H-pyrrole nitrogens is 2. The molecular formula is C9H6N4O3S2. The largest absolute Gasteiger partial charge is 0.369 e. The number of nitriles is 1. The second kappa shape index (κ2) is 4.67. The Labute approximate surface area is 108 Å². The van der Waals surface area contributed by atoms with E-state index in [4.69, 9.17) is 11.0 Å². The lowest BCUT2D eigenvalue weighted by Gasteiger charge is -1.93. The third kappa shape index (κ3) is 2.15. The first-order chi connectivity index (χ1) is 8.52. The van der Waals surface area contributed by atoms with E-state index in [2.05, 4.69) is 9.97 Å². The number of amides is 1. The monoisotopic (exact) mass is 282 g/mol. The van der Waals surface area contributed by atoms with Gasteiger partial charge in [-0.3, -0.25) is 14.6 Å². The topological polar surface area (TPSA) is 133 Å². The molecular weight excluding hydrogens is 276 g/mol. The Balaban J connectivity index is 2.66. The lowest BCUT2D eigenvalue weighted by molar-refractivity contribution is -0.115. The van der Waals surface area contributed by atoms with Crippen molar-refractivity contribution >= 4 is 39.2 Å². The molecule has 0 aliphatic rings. The number of fused-ring (bicyclic) bond motifs is 1. The highest BCUT2D eigenvalue weighted by Gasteiger charge is 2.16. The Morgan fingerprint density at radius 3 is 2.78 bits per heavy atom. The van der Waals surface area contributed by atoms with Gasteiger partial charge in [0.1, 0.15) is 16.3 Å². The van der Waals surface area contributed by atoms with E-state index < -0.39 is 17.2 Å². The van der Waals surface area contributed by atoms with E-state index in [-0.39, 0.29) is 21.5 Å². The maximum atomic E-state index is 11.5. The number of carbonyl (C=O) groups excluding carboxylic acids is 1. The minimum atomic E-state index is -0.673. The van der Waals surface area contributed by atoms with E-state index in [0.717, 1.165) is 23.1 Å². The van der Waals surface area contributed by atoms with E-state index >= 15 is 0 Å². The predicted octanol–water partition coefficient (Wildman–Crippen LogP) is -0.273. The van der Waals surface area contributed by atoms with Crippen molar-refractivity contribution in [3.63, 3.8) is 0 Å². The van der Waals surface area contributed by atoms with Crippen molar-refractivity contribution in [3.8, 4) is 6.07 Å². The van der Waals surface area contributed by atoms with Gasteiger partial charge in [-0.05, 0) is 0 Å². The van der Waals surface area contributed by atoms with Gasteiger partial charge < -0.3 is 10.7 Å². The summed E-state index contributed by atoms with van der Waals surface area (Å²) in [6.07, 6.45) is 0. The minimum absolute atomic E-state index is 0.00361. The molecule has 2 rings (SSSR count). The molecule has 0 aliphatic carbocycles. The van der Waals surface area contributed by atoms with Crippen molar-refractivity contribution in [2.24, 2.45) is 5.73 Å². The normalized spacial score (nSPS) is 10.4. The van der Waals surface area contributed by atoms with E-state index in [9.17, 15) is 14.4 Å². The Bertz CT molecular complexity index is 780. The molecule has 2 heterocycles. The molecule has 4 N–H and O–H groups in total. The first kappa shape index (κ1) is 12.4. The van der Waals surface area contributed by atoms with Crippen molar-refractivity contribution < 1.29 is 4.79 Å². The second-order valence-electron chi connectivity index (χ2n) is 3.24. The number of aromatic amines is 2. The fourth-order valence-corrected chi connectivity index (χ4v) is 3.40. The summed E-state index contributed by atoms with van der Waals surface area (Å²) in [7, 11) is 0. The molecule has 0 fully saturated rings. The van der Waals surface area contributed by atoms with E-state index in [1.165, 1.54) is 0 Å². The molecule has 0 saturated heterocycles. The van der Waals surface area contributed by atoms with Gasteiger partial charge in [0, 0.05) is 0 Å². The van der Waals surface area contributed by atoms with Crippen LogP contribution in [0.3, 0.4) is 0 Å². The predicted molar refractivity (Wildman–Crippen MR) is 67.7 cm³/mol. The summed E-state index contributed by atoms with van der Waals surface area (Å²) in [6.45, 7) is 0. The molecule has 0 spiro atoms. The Morgan fingerprint density at radius 2 is 2.17 bits per heavy atom. The zero-order valence-electron chi connectivity index (χ0n) is 8.77. The maximum absolute atomic E-state index is 11.5. The highest BCUT2D eigenvalue weighted by atomic mass is 32.2. The average molecular weight is 282 g/mol. The zero-order valence-corrected chi connectivity index (χ0v) is 10.4. The SMILES string of the molecule is N#Cc1c(SCC(N)=O)sc2c(=O)[nH]c(=O)[nH]c12. The molecule has 9 heteroatoms. The van der Waals surface area contributed by atoms with Gasteiger partial charge >= 0.3 is 5.69 Å². The van der Waals surface area contributed by atoms with Gasteiger partial charge in [0.25, 0.3) is 5.56 Å². The Morgan fingerprint density at radius 1 is 1.44 bits per heavy atom. The Hall–Kier alpha value is -2.05. The molecule has 7 nitrogen and oxygen atoms in total. The third-order valence-corrected chi connectivity index (χ3v) is 4.49. The average Bonchev–Trinajstić information content (AvgIpc) is 2.64. The third-order valence-electron chi connectivity index (χ3n) is 2.01. The van der Waals surface area contributed by atoms with Gasteiger partial charge in [-0.1, -0.05) is 0 Å². The van der Waals surface area contributed by atoms with E-state index in [1.54, 1.807) is 0 Å². The number of rotatable bonds is 3. The molecule has 2 aromatic rings. The number of nitrogens with two attached hydrogens (primary N) is 1. The quantitative estimate of drug-likeness (QED) is 0.666. The number of primary amides is 1. The van der Waals surface area contributed by atoms with Crippen LogP contribution in [0, 0.1) is 11.3 Å². The summed E-state index contributed by atoms with van der Waals surface area (Å²) in [5, 5.41) is 9.05. The zero-order chi connectivity index (χ0) is 13.3. The van der Waals surface area contributed by atoms with Gasteiger partial charge in [-0.15, -0.1) is 23.1 Å². The lowest BCUT2D eigenvalue weighted by atomic mass is 10.3. The van der Waals surface area contributed by atoms with Crippen molar-refractivity contribution in [3.05, 3.63) is 26.4 Å². The minimum Gasteiger partial charge on any atom is -0.369 e. The van der Waals surface area contributed by atoms with Crippen LogP contribution in [-0.2, 0) is 4.79 Å². The molecule has 0 unspecified atom stereocenters. The van der Waals surface area contributed by atoms with E-state index in [1.807, 2.05) is 6.07 Å². The van der Waals surface area contributed by atoms with E-state index in [0.29, 0.717) is 4.21 Å². The first-order valence-corrected chi connectivity index (χ1v) is 6.43. The second-order valence-corrected chi connectivity index (χ2v) is 5.51. The van der Waals surface area contributed by atoms with Gasteiger partial charge in [0.05, 0.1) is 15.5 Å². The molecule has 0 saturated carbocycles. The van der Waals surface area contributed by atoms with Crippen molar-refractivity contribution in [1.82, 2.24) is 9.97 Å². The van der Waals surface area contributed by atoms with Crippen LogP contribution >= 0.6 is 23.1 Å². The van der Waals surface area contributed by atoms with Gasteiger partial charge in [-0.2, -0.15) is 5.26 Å². The van der Waals surface area contributed by atoms with Crippen LogP contribution in [0.25, 0.3) is 10.2 Å². The lowest BCUT2D eigenvalue weighted by Crippen LogP contribution is -2.20. The summed E-state index contributed by atoms with van der Waals surface area (Å²) in [6, 6.07) is 1.91. The summed E-state index contributed by atoms with van der Waals surface area (Å²) in [5.74, 6) is -0.521. The molecule has 18 heavy (non-hydrogen) atoms. The van der Waals surface area contributed by atoms with Crippen molar-refractivity contribution in [1.29, 1.82) is 5.26 Å². The number of hydrogen-bond donors (Lipinski definition) is 3. The molecule has 1 amide bonds. The standard InChI is InChI=1S/C9H6N4O3S2/c10-1-3-5-6(7(15)13-9(16)12-5)18-8(3)17-2-4(11)14/h2H2,(H2,11,14)(H2,12,13,15,16). The summed E-state index contributed by atoms with van der Waals surface area (Å²) >= 11 is 2.11. The molecule has 2 aromatic heterocycles. The van der Waals surface area contributed by atoms with Crippen LogP contribution in [0.15, 0.2) is 13.8 Å². The summed E-state index contributed by atoms with van der Waals surface area (Å²) in [4.78, 5) is 37.9. The number of nitrogens with zero attached hydrogens (tertiary/aromatic N) is 1. The van der Waals surface area contributed by atoms with Crippen molar-refractivity contribution in [2.45, 2.75) is 4.21 Å². The first-order valence-electron chi connectivity index (χ1n) is 4.63. The fraction of sp³-hybridized carbons (Fsp3) is 0.111. The fourth-order valence-electron chi connectivity index (χ4n) is 1.33. The Kier molecular flexibility index (Phi) is 3.22. The number of hydrogen-bond acceptors (Lipinski definition) is 6. The number of aromatic nitrogens is 2. The van der Waals surface area contributed by atoms with Gasteiger partial charge in [0.15, 0.2) is 0 Å². The molecule has 0 bridgehead atoms. The van der Waals surface area contributed by atoms with Crippen molar-refractivity contribution in [2.75, 3.05) is 5.75 Å². The molecule has 0 radical (unpaired) electrons. The van der Waals surface area contributed by atoms with Crippen LogP contribution in [0.4, 0.5) is 0 Å². The number of carbonyl (C=O) groups is 1. The van der Waals surface area contributed by atoms with Crippen LogP contribution in [0.5, 0.6) is 0 Å². The van der Waals surface area contributed by atoms with Gasteiger partial charge in [0.2, 0.25) is 5.91 Å². The molecule has 92 valence electrons. The molecule has 0 aromatic carbocycles. The number of nitrogens with one attached hydrogen (secondary N) is 2. The molecule has 0 atom stereocenters. The molecule has 0 aliphatic heterocycles. The number of thiophene rings is 1. The summed E-state index contributed by atoms with van der Waals surface area (Å²) < 4.78 is 0.733. The highest BCUT2D eigenvalue weighted by molar-refractivity contribution is 8.01. The van der Waals surface area contributed by atoms with Crippen LogP contribution in [0.2, 0.25) is 0 Å². The maximum Gasteiger partial charge on any atom is 0.326 e. The van der Waals surface area contributed by atoms with Crippen LogP contribution < -0.4 is 17.0 Å². The van der Waals surface area contributed by atoms with Gasteiger partial charge in [-0.25, -0.2) is 4.79 Å². The van der Waals surface area contributed by atoms with Crippen LogP contribution in [-0.4, -0.2) is 21.6 Å². The number of thioether (sulfide) groups is 1.